The second kappa shape index (κ2) is 6.27. The van der Waals surface area contributed by atoms with Crippen LogP contribution in [0.1, 0.15) is 0 Å². The van der Waals surface area contributed by atoms with Crippen molar-refractivity contribution in [1.29, 1.82) is 0 Å². The van der Waals surface area contributed by atoms with Gasteiger partial charge in [-0.15, -0.1) is 0 Å². The third kappa shape index (κ3) is 3.96. The average molecular weight is 309 g/mol. The predicted molar refractivity (Wildman–Crippen MR) is 78.7 cm³/mol. The molecule has 1 aromatic heterocycles. The molecule has 2 N–H and O–H groups in total. The van der Waals surface area contributed by atoms with E-state index in [1.54, 1.807) is 31.4 Å². The predicted octanol–water partition coefficient (Wildman–Crippen LogP) is 2.20. The van der Waals surface area contributed by atoms with Crippen molar-refractivity contribution in [3.63, 3.8) is 0 Å². The summed E-state index contributed by atoms with van der Waals surface area (Å²) in [4.78, 5) is 24.3. The molecular formula is C13H13ClN4O3. The first-order valence-corrected chi connectivity index (χ1v) is 6.38. The van der Waals surface area contributed by atoms with Gasteiger partial charge in [0.2, 0.25) is 0 Å². The van der Waals surface area contributed by atoms with Crippen LogP contribution < -0.4 is 10.2 Å². The number of hydrogen-bond donors (Lipinski definition) is 2. The quantitative estimate of drug-likeness (QED) is 0.906. The molecule has 1 heterocycles. The number of nitrogens with one attached hydrogen (secondary N) is 1. The minimum absolute atomic E-state index is 0.395. The summed E-state index contributed by atoms with van der Waals surface area (Å²) >= 11 is 5.87. The van der Waals surface area contributed by atoms with Crippen molar-refractivity contribution in [2.45, 2.75) is 0 Å². The van der Waals surface area contributed by atoms with Crippen molar-refractivity contribution in [3.8, 4) is 0 Å². The third-order valence-electron chi connectivity index (χ3n) is 2.61. The van der Waals surface area contributed by atoms with Gasteiger partial charge in [-0.2, -0.15) is 5.10 Å². The minimum Gasteiger partial charge on any atom is -0.480 e. The lowest BCUT2D eigenvalue weighted by Crippen LogP contribution is -2.38. The van der Waals surface area contributed by atoms with E-state index in [0.717, 1.165) is 4.90 Å². The molecule has 0 spiro atoms. The summed E-state index contributed by atoms with van der Waals surface area (Å²) in [6.07, 6.45) is 3.07. The van der Waals surface area contributed by atoms with Crippen LogP contribution in [0.3, 0.4) is 0 Å². The van der Waals surface area contributed by atoms with Gasteiger partial charge >= 0.3 is 12.0 Å². The summed E-state index contributed by atoms with van der Waals surface area (Å²) in [6.45, 7) is -0.480. The van der Waals surface area contributed by atoms with Gasteiger partial charge in [-0.3, -0.25) is 14.4 Å². The lowest BCUT2D eigenvalue weighted by molar-refractivity contribution is -0.135. The summed E-state index contributed by atoms with van der Waals surface area (Å²) in [5.41, 5.74) is 0.867. The fourth-order valence-electron chi connectivity index (χ4n) is 1.74. The van der Waals surface area contributed by atoms with E-state index in [4.69, 9.17) is 16.7 Å². The number of aliphatic carboxylic acids is 1. The van der Waals surface area contributed by atoms with E-state index in [1.807, 2.05) is 0 Å². The number of aryl methyl sites for hydroxylation is 1. The Morgan fingerprint density at radius 2 is 2.24 bits per heavy atom. The molecule has 0 unspecified atom stereocenters. The molecule has 0 saturated carbocycles. The Hall–Kier alpha value is -2.54. The van der Waals surface area contributed by atoms with Crippen molar-refractivity contribution >= 4 is 35.0 Å². The number of hydrogen-bond acceptors (Lipinski definition) is 3. The number of benzene rings is 1. The molecule has 2 aromatic rings. The zero-order chi connectivity index (χ0) is 15.4. The van der Waals surface area contributed by atoms with E-state index in [-0.39, 0.29) is 0 Å². The monoisotopic (exact) mass is 308 g/mol. The molecule has 0 radical (unpaired) electrons. The summed E-state index contributed by atoms with van der Waals surface area (Å²) in [5, 5.41) is 15.9. The molecule has 110 valence electrons. The van der Waals surface area contributed by atoms with E-state index < -0.39 is 18.5 Å². The van der Waals surface area contributed by atoms with Crippen LogP contribution in [0.25, 0.3) is 0 Å². The van der Waals surface area contributed by atoms with Gasteiger partial charge in [0.25, 0.3) is 0 Å². The Morgan fingerprint density at radius 1 is 1.48 bits per heavy atom. The number of carboxylic acid groups (broad SMARTS) is 1. The highest BCUT2D eigenvalue weighted by molar-refractivity contribution is 6.31. The fraction of sp³-hybridized carbons (Fsp3) is 0.154. The minimum atomic E-state index is -1.13. The molecule has 21 heavy (non-hydrogen) atoms. The highest BCUT2D eigenvalue weighted by Gasteiger charge is 2.19. The maximum atomic E-state index is 12.2. The van der Waals surface area contributed by atoms with Crippen LogP contribution in [0.2, 0.25) is 5.02 Å². The van der Waals surface area contributed by atoms with Crippen LogP contribution in [-0.2, 0) is 11.8 Å². The van der Waals surface area contributed by atoms with Crippen molar-refractivity contribution in [2.24, 2.45) is 7.05 Å². The molecule has 1 aromatic carbocycles. The number of anilines is 2. The standard InChI is InChI=1S/C13H13ClN4O3/c1-17-7-10(6-15-17)16-13(21)18(8-12(19)20)11-4-2-3-9(14)5-11/h2-7H,8H2,1H3,(H,16,21)(H,19,20). The summed E-state index contributed by atoms with van der Waals surface area (Å²) < 4.78 is 1.52. The van der Waals surface area contributed by atoms with Crippen molar-refractivity contribution in [1.82, 2.24) is 9.78 Å². The van der Waals surface area contributed by atoms with E-state index >= 15 is 0 Å². The maximum Gasteiger partial charge on any atom is 0.326 e. The number of nitrogens with zero attached hydrogens (tertiary/aromatic N) is 3. The molecule has 0 bridgehead atoms. The number of carboxylic acids is 1. The van der Waals surface area contributed by atoms with Gasteiger partial charge in [-0.1, -0.05) is 17.7 Å². The number of carbonyl (C=O) groups excluding carboxylic acids is 1. The summed E-state index contributed by atoms with van der Waals surface area (Å²) in [6, 6.07) is 5.84. The number of urea groups is 1. The van der Waals surface area contributed by atoms with Crippen molar-refractivity contribution < 1.29 is 14.7 Å². The van der Waals surface area contributed by atoms with Crippen LogP contribution in [0.4, 0.5) is 16.2 Å². The van der Waals surface area contributed by atoms with Crippen molar-refractivity contribution in [2.75, 3.05) is 16.8 Å². The van der Waals surface area contributed by atoms with E-state index in [2.05, 4.69) is 10.4 Å². The van der Waals surface area contributed by atoms with Gasteiger partial charge in [0.15, 0.2) is 0 Å². The number of rotatable bonds is 4. The number of amides is 2. The van der Waals surface area contributed by atoms with Gasteiger partial charge in [-0.25, -0.2) is 4.79 Å². The van der Waals surface area contributed by atoms with Gasteiger partial charge in [0, 0.05) is 24.0 Å². The van der Waals surface area contributed by atoms with E-state index in [9.17, 15) is 9.59 Å². The first-order valence-electron chi connectivity index (χ1n) is 6.00. The molecule has 7 nitrogen and oxygen atoms in total. The Bertz CT molecular complexity index is 671. The molecule has 0 saturated heterocycles. The molecule has 0 fully saturated rings. The molecule has 2 rings (SSSR count). The van der Waals surface area contributed by atoms with Gasteiger partial charge in [0.05, 0.1) is 11.9 Å². The van der Waals surface area contributed by atoms with Crippen molar-refractivity contribution in [3.05, 3.63) is 41.7 Å². The average Bonchev–Trinajstić information content (AvgIpc) is 2.81. The zero-order valence-corrected chi connectivity index (χ0v) is 11.9. The smallest absolute Gasteiger partial charge is 0.326 e. The van der Waals surface area contributed by atoms with E-state index in [0.29, 0.717) is 16.4 Å². The number of halogens is 1. The van der Waals surface area contributed by atoms with Gasteiger partial charge in [0.1, 0.15) is 6.54 Å². The van der Waals surface area contributed by atoms with Crippen LogP contribution in [-0.4, -0.2) is 33.4 Å². The molecule has 2 amide bonds. The van der Waals surface area contributed by atoms with Crippen LogP contribution in [0.5, 0.6) is 0 Å². The topological polar surface area (TPSA) is 87.5 Å². The Balaban J connectivity index is 2.23. The Labute approximate surface area is 125 Å². The lowest BCUT2D eigenvalue weighted by atomic mass is 10.3. The molecular weight excluding hydrogens is 296 g/mol. The first-order chi connectivity index (χ1) is 9.95. The van der Waals surface area contributed by atoms with Gasteiger partial charge in [-0.05, 0) is 18.2 Å². The Morgan fingerprint density at radius 3 is 2.81 bits per heavy atom. The normalized spacial score (nSPS) is 10.2. The highest BCUT2D eigenvalue weighted by atomic mass is 35.5. The molecule has 8 heteroatoms. The second-order valence-corrected chi connectivity index (χ2v) is 4.73. The summed E-state index contributed by atoms with van der Waals surface area (Å²) in [5.74, 6) is -1.13. The molecule has 0 atom stereocenters. The largest absolute Gasteiger partial charge is 0.480 e. The van der Waals surface area contributed by atoms with Crippen LogP contribution in [0, 0.1) is 0 Å². The highest BCUT2D eigenvalue weighted by Crippen LogP contribution is 2.20. The molecule has 0 aliphatic rings. The van der Waals surface area contributed by atoms with Gasteiger partial charge < -0.3 is 10.4 Å². The Kier molecular flexibility index (Phi) is 4.44. The molecule has 0 aliphatic carbocycles. The fourth-order valence-corrected chi connectivity index (χ4v) is 1.92. The van der Waals surface area contributed by atoms with Crippen LogP contribution in [0.15, 0.2) is 36.7 Å². The number of carbonyl (C=O) groups is 2. The van der Waals surface area contributed by atoms with Crippen LogP contribution >= 0.6 is 11.6 Å². The molecule has 0 aliphatic heterocycles. The summed E-state index contributed by atoms with van der Waals surface area (Å²) in [7, 11) is 1.71. The first kappa shape index (κ1) is 14.9. The zero-order valence-electron chi connectivity index (χ0n) is 11.2. The van der Waals surface area contributed by atoms with E-state index in [1.165, 1.54) is 16.9 Å². The second-order valence-electron chi connectivity index (χ2n) is 4.29. The number of aromatic nitrogens is 2. The SMILES string of the molecule is Cn1cc(NC(=O)N(CC(=O)O)c2cccc(Cl)c2)cn1. The lowest BCUT2D eigenvalue weighted by Gasteiger charge is -2.21. The third-order valence-corrected chi connectivity index (χ3v) is 2.85. The maximum absolute atomic E-state index is 12.2.